The Labute approximate surface area is 134 Å². The molecule has 1 aromatic carbocycles. The maximum Gasteiger partial charge on any atom is 0.343 e. The van der Waals surface area contributed by atoms with Crippen LogP contribution in [0.1, 0.15) is 35.6 Å². The molecule has 2 aromatic rings. The summed E-state index contributed by atoms with van der Waals surface area (Å²) < 4.78 is 6.79. The van der Waals surface area contributed by atoms with Crippen LogP contribution in [0.2, 0.25) is 0 Å². The third kappa shape index (κ3) is 3.28. The molecule has 6 heteroatoms. The number of hydrogen-bond donors (Lipinski definition) is 1. The highest BCUT2D eigenvalue weighted by atomic mass is 32.2. The van der Waals surface area contributed by atoms with Crippen LogP contribution in [0.4, 0.5) is 0 Å². The number of methoxy groups -OCH3 is 1. The quantitative estimate of drug-likeness (QED) is 0.832. The molecule has 0 aliphatic heterocycles. The van der Waals surface area contributed by atoms with Crippen molar-refractivity contribution in [3.8, 4) is 0 Å². The molecule has 1 aliphatic rings. The summed E-state index contributed by atoms with van der Waals surface area (Å²) in [5.74, 6) is 0. The number of aryl methyl sites for hydroxylation is 1. The van der Waals surface area contributed by atoms with Gasteiger partial charge in [0.1, 0.15) is 0 Å². The number of H-pyrrole nitrogens is 1. The van der Waals surface area contributed by atoms with Crippen LogP contribution in [0, 0.1) is 0 Å². The first kappa shape index (κ1) is 15.4. The van der Waals surface area contributed by atoms with E-state index in [0.717, 1.165) is 24.4 Å². The van der Waals surface area contributed by atoms with Crippen molar-refractivity contribution in [2.75, 3.05) is 13.7 Å². The van der Waals surface area contributed by atoms with E-state index in [1.807, 2.05) is 0 Å². The number of thioether (sulfide) groups is 1. The van der Waals surface area contributed by atoms with E-state index in [-0.39, 0.29) is 5.69 Å². The third-order valence-corrected chi connectivity index (χ3v) is 5.31. The number of aromatic amines is 1. The van der Waals surface area contributed by atoms with Gasteiger partial charge in [-0.25, -0.2) is 9.89 Å². The lowest BCUT2D eigenvalue weighted by Crippen LogP contribution is -2.19. The maximum atomic E-state index is 11.9. The highest BCUT2D eigenvalue weighted by Crippen LogP contribution is 2.42. The molecule has 0 bridgehead atoms. The second-order valence-corrected chi connectivity index (χ2v) is 6.68. The van der Waals surface area contributed by atoms with Crippen LogP contribution in [0.3, 0.4) is 0 Å². The van der Waals surface area contributed by atoms with Crippen LogP contribution in [-0.4, -0.2) is 28.5 Å². The summed E-state index contributed by atoms with van der Waals surface area (Å²) >= 11 is 1.69. The molecule has 0 spiro atoms. The predicted molar refractivity (Wildman–Crippen MR) is 87.3 cm³/mol. The molecule has 1 aliphatic carbocycles. The zero-order valence-corrected chi connectivity index (χ0v) is 13.6. The summed E-state index contributed by atoms with van der Waals surface area (Å²) in [6.07, 6.45) is 4.27. The van der Waals surface area contributed by atoms with Gasteiger partial charge in [0.05, 0.1) is 0 Å². The zero-order valence-electron chi connectivity index (χ0n) is 12.7. The predicted octanol–water partition coefficient (Wildman–Crippen LogP) is 2.78. The van der Waals surface area contributed by atoms with Crippen molar-refractivity contribution < 1.29 is 4.74 Å². The minimum absolute atomic E-state index is 0.136. The van der Waals surface area contributed by atoms with E-state index in [1.165, 1.54) is 17.5 Å². The molecule has 0 saturated heterocycles. The highest BCUT2D eigenvalue weighted by Gasteiger charge is 2.23. The number of rotatable bonds is 6. The number of fused-ring (bicyclic) bond motifs is 1. The van der Waals surface area contributed by atoms with Crippen LogP contribution in [-0.2, 0) is 17.7 Å². The molecule has 1 unspecified atom stereocenters. The summed E-state index contributed by atoms with van der Waals surface area (Å²) in [6.45, 7) is 1.29. The average molecular weight is 319 g/mol. The topological polar surface area (TPSA) is 59.9 Å². The molecule has 0 radical (unpaired) electrons. The van der Waals surface area contributed by atoms with Crippen LogP contribution >= 0.6 is 11.8 Å². The Balaban J connectivity index is 1.78. The van der Waals surface area contributed by atoms with E-state index in [0.29, 0.717) is 18.4 Å². The van der Waals surface area contributed by atoms with Crippen molar-refractivity contribution in [1.29, 1.82) is 0 Å². The smallest absolute Gasteiger partial charge is 0.343 e. The van der Waals surface area contributed by atoms with Crippen molar-refractivity contribution >= 4 is 11.8 Å². The van der Waals surface area contributed by atoms with E-state index in [2.05, 4.69) is 34.5 Å². The fourth-order valence-corrected chi connectivity index (χ4v) is 4.21. The van der Waals surface area contributed by atoms with Crippen molar-refractivity contribution in [3.63, 3.8) is 0 Å². The van der Waals surface area contributed by atoms with Gasteiger partial charge in [-0.05, 0) is 36.8 Å². The molecule has 22 heavy (non-hydrogen) atoms. The molecule has 3 rings (SSSR count). The summed E-state index contributed by atoms with van der Waals surface area (Å²) in [5.41, 5.74) is 2.68. The Bertz CT molecular complexity index is 680. The Kier molecular flexibility index (Phi) is 5.00. The van der Waals surface area contributed by atoms with Crippen molar-refractivity contribution in [2.24, 2.45) is 0 Å². The average Bonchev–Trinajstić information content (AvgIpc) is 2.89. The lowest BCUT2D eigenvalue weighted by atomic mass is 9.91. The summed E-state index contributed by atoms with van der Waals surface area (Å²) in [5, 5.41) is 7.94. The first-order valence-electron chi connectivity index (χ1n) is 7.68. The second kappa shape index (κ2) is 7.15. The van der Waals surface area contributed by atoms with Gasteiger partial charge < -0.3 is 4.74 Å². The Morgan fingerprint density at radius 2 is 2.32 bits per heavy atom. The fourth-order valence-electron chi connectivity index (χ4n) is 2.92. The highest BCUT2D eigenvalue weighted by molar-refractivity contribution is 7.99. The van der Waals surface area contributed by atoms with E-state index >= 15 is 0 Å². The summed E-state index contributed by atoms with van der Waals surface area (Å²) in [4.78, 5) is 11.9. The molecule has 5 nitrogen and oxygen atoms in total. The number of nitrogens with zero attached hydrogens (tertiary/aromatic N) is 2. The second-order valence-electron chi connectivity index (χ2n) is 5.51. The van der Waals surface area contributed by atoms with Gasteiger partial charge in [0.2, 0.25) is 0 Å². The van der Waals surface area contributed by atoms with Gasteiger partial charge in [-0.3, -0.25) is 4.57 Å². The molecule has 118 valence electrons. The van der Waals surface area contributed by atoms with Gasteiger partial charge in [-0.15, -0.1) is 5.10 Å². The van der Waals surface area contributed by atoms with Gasteiger partial charge in [0, 0.05) is 25.5 Å². The summed E-state index contributed by atoms with van der Waals surface area (Å²) in [7, 11) is 1.67. The van der Waals surface area contributed by atoms with E-state index < -0.39 is 0 Å². The van der Waals surface area contributed by atoms with Crippen LogP contribution in [0.15, 0.2) is 34.2 Å². The Morgan fingerprint density at radius 1 is 1.45 bits per heavy atom. The standard InChI is InChI=1S/C16H21N3O2S/c1-21-11-5-10-19-15(20)17-18-16(19)22-14-9-4-7-12-6-2-3-8-13(12)14/h2-3,6,8,14H,4-5,7,9-11H2,1H3,(H,17,20). The molecular weight excluding hydrogens is 298 g/mol. The lowest BCUT2D eigenvalue weighted by molar-refractivity contribution is 0.189. The van der Waals surface area contributed by atoms with Gasteiger partial charge in [0.15, 0.2) is 5.16 Å². The largest absolute Gasteiger partial charge is 0.385 e. The van der Waals surface area contributed by atoms with Gasteiger partial charge in [-0.2, -0.15) is 0 Å². The van der Waals surface area contributed by atoms with Gasteiger partial charge in [-0.1, -0.05) is 36.0 Å². The van der Waals surface area contributed by atoms with Crippen LogP contribution in [0.5, 0.6) is 0 Å². The van der Waals surface area contributed by atoms with Crippen molar-refractivity contribution in [1.82, 2.24) is 14.8 Å². The molecule has 1 atom stereocenters. The molecule has 0 amide bonds. The lowest BCUT2D eigenvalue weighted by Gasteiger charge is -2.24. The number of ether oxygens (including phenoxy) is 1. The molecule has 0 saturated carbocycles. The Hall–Kier alpha value is -1.53. The molecule has 1 heterocycles. The molecule has 1 aromatic heterocycles. The third-order valence-electron chi connectivity index (χ3n) is 4.02. The number of hydrogen-bond acceptors (Lipinski definition) is 4. The van der Waals surface area contributed by atoms with Gasteiger partial charge >= 0.3 is 5.69 Å². The maximum absolute atomic E-state index is 11.9. The Morgan fingerprint density at radius 3 is 3.18 bits per heavy atom. The van der Waals surface area contributed by atoms with E-state index in [9.17, 15) is 4.79 Å². The minimum Gasteiger partial charge on any atom is -0.385 e. The molecular formula is C16H21N3O2S. The first-order valence-corrected chi connectivity index (χ1v) is 8.56. The van der Waals surface area contributed by atoms with Gasteiger partial charge in [0.25, 0.3) is 0 Å². The zero-order chi connectivity index (χ0) is 15.4. The molecule has 0 fully saturated rings. The van der Waals surface area contributed by atoms with E-state index in [1.54, 1.807) is 23.4 Å². The summed E-state index contributed by atoms with van der Waals surface area (Å²) in [6, 6.07) is 8.60. The number of aromatic nitrogens is 3. The first-order chi connectivity index (χ1) is 10.8. The molecule has 1 N–H and O–H groups in total. The monoisotopic (exact) mass is 319 g/mol. The van der Waals surface area contributed by atoms with E-state index in [4.69, 9.17) is 4.74 Å². The van der Waals surface area contributed by atoms with Crippen molar-refractivity contribution in [3.05, 3.63) is 45.9 Å². The normalized spacial score (nSPS) is 17.4. The SMILES string of the molecule is COCCCn1c(SC2CCCc3ccccc32)n[nH]c1=O. The fraction of sp³-hybridized carbons (Fsp3) is 0.500. The number of nitrogens with one attached hydrogen (secondary N) is 1. The minimum atomic E-state index is -0.136. The van der Waals surface area contributed by atoms with Crippen LogP contribution in [0.25, 0.3) is 0 Å². The number of benzene rings is 1. The van der Waals surface area contributed by atoms with Crippen molar-refractivity contribution in [2.45, 2.75) is 42.6 Å². The van der Waals surface area contributed by atoms with Crippen LogP contribution < -0.4 is 5.69 Å².